The van der Waals surface area contributed by atoms with E-state index in [0.717, 1.165) is 11.0 Å². The van der Waals surface area contributed by atoms with E-state index in [-0.39, 0.29) is 5.43 Å². The van der Waals surface area contributed by atoms with E-state index in [1.807, 2.05) is 34.6 Å². The number of H-pyrrole nitrogens is 1. The van der Waals surface area contributed by atoms with Crippen LogP contribution in [0.25, 0.3) is 12.2 Å². The third-order valence-corrected chi connectivity index (χ3v) is 1.80. The molecule has 1 aromatic rings. The van der Waals surface area contributed by atoms with Crippen LogP contribution in [0.1, 0.15) is 33.4 Å². The molecule has 0 aliphatic rings. The molecule has 0 spiro atoms. The second kappa shape index (κ2) is 11.6. The van der Waals surface area contributed by atoms with Crippen molar-refractivity contribution in [2.24, 2.45) is 0 Å². The van der Waals surface area contributed by atoms with Gasteiger partial charge in [0.15, 0.2) is 5.43 Å². The second-order valence-corrected chi connectivity index (χ2v) is 2.95. The van der Waals surface area contributed by atoms with E-state index in [1.165, 1.54) is 0 Å². The van der Waals surface area contributed by atoms with Gasteiger partial charge in [-0.3, -0.25) is 4.79 Å². The normalized spacial score (nSPS) is 10.7. The van der Waals surface area contributed by atoms with Crippen molar-refractivity contribution in [3.05, 3.63) is 57.9 Å². The number of rotatable bonds is 2. The zero-order valence-corrected chi connectivity index (χ0v) is 12.2. The molecule has 2 nitrogen and oxygen atoms in total. The first-order valence-corrected chi connectivity index (χ1v) is 6.34. The summed E-state index contributed by atoms with van der Waals surface area (Å²) in [5.41, 5.74) is 0.832. The molecule has 0 atom stereocenters. The van der Waals surface area contributed by atoms with E-state index in [1.54, 1.807) is 30.4 Å². The van der Waals surface area contributed by atoms with Crippen molar-refractivity contribution in [1.82, 2.24) is 4.98 Å². The number of nitrogens with one attached hydrogen (secondary N) is 1. The Bertz CT molecular complexity index is 521. The van der Waals surface area contributed by atoms with Crippen molar-refractivity contribution in [3.63, 3.8) is 0 Å². The summed E-state index contributed by atoms with van der Waals surface area (Å²) in [5, 5.41) is 1.38. The first kappa shape index (κ1) is 18.5. The Kier molecular flexibility index (Phi) is 12.0. The maximum absolute atomic E-state index is 11.6. The maximum atomic E-state index is 11.6. The molecule has 0 saturated heterocycles. The largest absolute Gasteiger partial charge is 0.358 e. The monoisotopic (exact) mass is 247 g/mol. The van der Waals surface area contributed by atoms with Crippen LogP contribution in [-0.4, -0.2) is 4.98 Å². The van der Waals surface area contributed by atoms with E-state index < -0.39 is 0 Å². The number of hydrogen-bond acceptors (Lipinski definition) is 1. The fourth-order valence-corrected chi connectivity index (χ4v) is 1.26. The smallest absolute Gasteiger partial charge is 0.189 e. The molecule has 1 heterocycles. The Hall–Kier alpha value is -1.83. The van der Waals surface area contributed by atoms with Gasteiger partial charge in [0.2, 0.25) is 0 Å². The lowest BCUT2D eigenvalue weighted by molar-refractivity contribution is 1.11. The lowest BCUT2D eigenvalue weighted by atomic mass is 10.2. The average Bonchev–Trinajstić information content (AvgIpc) is 2.39. The highest BCUT2D eigenvalue weighted by atomic mass is 16.1. The van der Waals surface area contributed by atoms with Crippen LogP contribution in [0.4, 0.5) is 0 Å². The van der Waals surface area contributed by atoms with Crippen molar-refractivity contribution in [2.75, 3.05) is 0 Å². The minimum atomic E-state index is -0.00532. The van der Waals surface area contributed by atoms with Gasteiger partial charge < -0.3 is 4.98 Å². The number of aromatic amines is 1. The van der Waals surface area contributed by atoms with Crippen molar-refractivity contribution in [1.29, 1.82) is 0 Å². The van der Waals surface area contributed by atoms with Crippen LogP contribution in [-0.2, 0) is 0 Å². The summed E-state index contributed by atoms with van der Waals surface area (Å²) in [6.07, 6.45) is 6.70. The molecule has 0 aliphatic heterocycles. The predicted molar refractivity (Wildman–Crippen MR) is 83.1 cm³/mol. The number of aromatic nitrogens is 1. The van der Waals surface area contributed by atoms with Gasteiger partial charge in [0.25, 0.3) is 0 Å². The van der Waals surface area contributed by atoms with Crippen molar-refractivity contribution in [3.8, 4) is 0 Å². The molecular formula is C16H25NO. The van der Waals surface area contributed by atoms with Gasteiger partial charge in [0, 0.05) is 22.3 Å². The highest BCUT2D eigenvalue weighted by molar-refractivity contribution is 5.40. The predicted octanol–water partition coefficient (Wildman–Crippen LogP) is 2.67. The summed E-state index contributed by atoms with van der Waals surface area (Å²) in [6.45, 7) is 17.0. The van der Waals surface area contributed by atoms with Crippen LogP contribution in [0.15, 0.2) is 36.2 Å². The molecule has 0 fully saturated rings. The van der Waals surface area contributed by atoms with Crippen molar-refractivity contribution < 1.29 is 0 Å². The van der Waals surface area contributed by atoms with Crippen LogP contribution < -0.4 is 16.0 Å². The quantitative estimate of drug-likeness (QED) is 0.856. The molecule has 1 rings (SSSR count). The Balaban J connectivity index is 0. The molecule has 2 heteroatoms. The van der Waals surface area contributed by atoms with Crippen molar-refractivity contribution >= 4 is 12.2 Å². The first-order chi connectivity index (χ1) is 8.69. The van der Waals surface area contributed by atoms with Gasteiger partial charge in [-0.05, 0) is 19.1 Å². The molecule has 1 aromatic heterocycles. The van der Waals surface area contributed by atoms with Crippen LogP contribution in [0.2, 0.25) is 0 Å². The zero-order chi connectivity index (χ0) is 14.6. The summed E-state index contributed by atoms with van der Waals surface area (Å²) in [5.74, 6) is 0. The SMILES string of the molecule is C=C/C=c1/[nH]c(C)cc(=O)/c1=C/C=C.CC.CC. The van der Waals surface area contributed by atoms with Crippen LogP contribution >= 0.6 is 0 Å². The summed E-state index contributed by atoms with van der Waals surface area (Å²) < 4.78 is 0. The Morgan fingerprint density at radius 1 is 1.06 bits per heavy atom. The van der Waals surface area contributed by atoms with Gasteiger partial charge in [-0.2, -0.15) is 0 Å². The van der Waals surface area contributed by atoms with E-state index in [0.29, 0.717) is 5.22 Å². The third kappa shape index (κ3) is 6.04. The molecule has 0 unspecified atom stereocenters. The Morgan fingerprint density at radius 2 is 1.56 bits per heavy atom. The Labute approximate surface area is 110 Å². The lowest BCUT2D eigenvalue weighted by Gasteiger charge is -1.93. The van der Waals surface area contributed by atoms with Gasteiger partial charge in [0.05, 0.1) is 0 Å². The molecule has 100 valence electrons. The van der Waals surface area contributed by atoms with Gasteiger partial charge >= 0.3 is 0 Å². The van der Waals surface area contributed by atoms with E-state index >= 15 is 0 Å². The van der Waals surface area contributed by atoms with Gasteiger partial charge in [0.1, 0.15) is 0 Å². The molecule has 1 N–H and O–H groups in total. The molecule has 18 heavy (non-hydrogen) atoms. The van der Waals surface area contributed by atoms with E-state index in [9.17, 15) is 4.79 Å². The summed E-state index contributed by atoms with van der Waals surface area (Å²) >= 11 is 0. The molecule has 0 bridgehead atoms. The minimum absolute atomic E-state index is 0.00532. The Morgan fingerprint density at radius 3 is 2.00 bits per heavy atom. The van der Waals surface area contributed by atoms with Gasteiger partial charge in [-0.1, -0.05) is 53.0 Å². The topological polar surface area (TPSA) is 32.9 Å². The fourth-order valence-electron chi connectivity index (χ4n) is 1.26. The van der Waals surface area contributed by atoms with Crippen molar-refractivity contribution in [2.45, 2.75) is 34.6 Å². The average molecular weight is 247 g/mol. The van der Waals surface area contributed by atoms with E-state index in [2.05, 4.69) is 18.1 Å². The third-order valence-electron chi connectivity index (χ3n) is 1.80. The summed E-state index contributed by atoms with van der Waals surface area (Å²) in [7, 11) is 0. The molecular weight excluding hydrogens is 222 g/mol. The molecule has 0 aliphatic carbocycles. The number of aryl methyl sites for hydroxylation is 1. The highest BCUT2D eigenvalue weighted by Gasteiger charge is 1.92. The van der Waals surface area contributed by atoms with Crippen LogP contribution in [0.5, 0.6) is 0 Å². The van der Waals surface area contributed by atoms with Crippen LogP contribution in [0.3, 0.4) is 0 Å². The zero-order valence-electron chi connectivity index (χ0n) is 12.2. The highest BCUT2D eigenvalue weighted by Crippen LogP contribution is 1.76. The first-order valence-electron chi connectivity index (χ1n) is 6.34. The number of hydrogen-bond donors (Lipinski definition) is 1. The standard InChI is InChI=1S/C12H13NO.2C2H6/c1-4-6-10-11(7-5-2)13-9(3)8-12(10)14;2*1-2/h4-8,13H,1-2H2,3H3;2*1-2H3/b10-6+,11-7+;;. The summed E-state index contributed by atoms with van der Waals surface area (Å²) in [6, 6.07) is 1.57. The maximum Gasteiger partial charge on any atom is 0.189 e. The second-order valence-electron chi connectivity index (χ2n) is 2.95. The van der Waals surface area contributed by atoms with Gasteiger partial charge in [-0.15, -0.1) is 0 Å². The number of pyridine rings is 1. The van der Waals surface area contributed by atoms with Crippen LogP contribution in [0, 0.1) is 6.92 Å². The van der Waals surface area contributed by atoms with Gasteiger partial charge in [-0.25, -0.2) is 0 Å². The summed E-state index contributed by atoms with van der Waals surface area (Å²) in [4.78, 5) is 14.7. The molecule has 0 amide bonds. The fraction of sp³-hybridized carbons (Fsp3) is 0.312. The number of allylic oxidation sites excluding steroid dienone is 2. The molecule has 0 radical (unpaired) electrons. The molecule has 0 aromatic carbocycles. The lowest BCUT2D eigenvalue weighted by Crippen LogP contribution is -2.40. The minimum Gasteiger partial charge on any atom is -0.358 e. The molecule has 0 saturated carbocycles. The van der Waals surface area contributed by atoms with E-state index in [4.69, 9.17) is 0 Å².